The van der Waals surface area contributed by atoms with E-state index < -0.39 is 5.97 Å². The van der Waals surface area contributed by atoms with E-state index in [1.165, 1.54) is 11.7 Å². The van der Waals surface area contributed by atoms with Crippen molar-refractivity contribution in [1.29, 1.82) is 0 Å². The molecule has 1 aromatic heterocycles. The van der Waals surface area contributed by atoms with Crippen LogP contribution in [0.1, 0.15) is 5.56 Å². The summed E-state index contributed by atoms with van der Waals surface area (Å²) >= 11 is 1.13. The molecule has 0 saturated heterocycles. The SMILES string of the molecule is COC(=O)Cn1c(SCC(=O)N(C)Cc2ccc(N(C)C)cc2)nc2ccccc2c1=O. The van der Waals surface area contributed by atoms with Gasteiger partial charge >= 0.3 is 5.97 Å². The van der Waals surface area contributed by atoms with Gasteiger partial charge in [0, 0.05) is 33.4 Å². The molecule has 32 heavy (non-hydrogen) atoms. The molecular weight excluding hydrogens is 428 g/mol. The van der Waals surface area contributed by atoms with Gasteiger partial charge < -0.3 is 14.5 Å². The summed E-state index contributed by atoms with van der Waals surface area (Å²) in [6, 6.07) is 14.9. The van der Waals surface area contributed by atoms with Gasteiger partial charge in [-0.15, -0.1) is 0 Å². The molecule has 1 amide bonds. The van der Waals surface area contributed by atoms with Crippen LogP contribution in [-0.4, -0.2) is 60.3 Å². The number of methoxy groups -OCH3 is 1. The summed E-state index contributed by atoms with van der Waals surface area (Å²) in [4.78, 5) is 45.6. The average molecular weight is 455 g/mol. The molecule has 0 aliphatic heterocycles. The van der Waals surface area contributed by atoms with Crippen LogP contribution in [0.15, 0.2) is 58.5 Å². The third kappa shape index (κ3) is 5.47. The van der Waals surface area contributed by atoms with Crippen molar-refractivity contribution in [3.63, 3.8) is 0 Å². The Bertz CT molecular complexity index is 1170. The van der Waals surface area contributed by atoms with Crippen LogP contribution in [-0.2, 0) is 27.4 Å². The lowest BCUT2D eigenvalue weighted by Gasteiger charge is -2.19. The zero-order valence-corrected chi connectivity index (χ0v) is 19.4. The van der Waals surface area contributed by atoms with Gasteiger partial charge in [0.25, 0.3) is 5.56 Å². The molecule has 0 bridgehead atoms. The fourth-order valence-corrected chi connectivity index (χ4v) is 4.03. The van der Waals surface area contributed by atoms with E-state index in [2.05, 4.69) is 4.98 Å². The summed E-state index contributed by atoms with van der Waals surface area (Å²) in [7, 11) is 6.95. The molecule has 8 nitrogen and oxygen atoms in total. The molecule has 3 aromatic rings. The number of rotatable bonds is 8. The number of esters is 1. The second kappa shape index (κ2) is 10.3. The number of thioether (sulfide) groups is 1. The molecule has 168 valence electrons. The topological polar surface area (TPSA) is 84.7 Å². The average Bonchev–Trinajstić information content (AvgIpc) is 2.79. The minimum absolute atomic E-state index is 0.0816. The molecule has 0 fully saturated rings. The largest absolute Gasteiger partial charge is 0.468 e. The van der Waals surface area contributed by atoms with E-state index in [-0.39, 0.29) is 23.8 Å². The van der Waals surface area contributed by atoms with Crippen molar-refractivity contribution in [1.82, 2.24) is 14.5 Å². The number of benzene rings is 2. The number of aromatic nitrogens is 2. The second-order valence-electron chi connectivity index (χ2n) is 7.48. The van der Waals surface area contributed by atoms with E-state index in [9.17, 15) is 14.4 Å². The Balaban J connectivity index is 1.75. The van der Waals surface area contributed by atoms with Crippen molar-refractivity contribution in [2.45, 2.75) is 18.2 Å². The molecule has 0 saturated carbocycles. The molecule has 0 aliphatic rings. The zero-order valence-electron chi connectivity index (χ0n) is 18.6. The highest BCUT2D eigenvalue weighted by Gasteiger charge is 2.17. The third-order valence-corrected chi connectivity index (χ3v) is 5.93. The Labute approximate surface area is 190 Å². The minimum Gasteiger partial charge on any atom is -0.468 e. The Hall–Kier alpha value is -3.33. The van der Waals surface area contributed by atoms with Crippen LogP contribution in [0.2, 0.25) is 0 Å². The lowest BCUT2D eigenvalue weighted by Crippen LogP contribution is -2.30. The molecule has 0 unspecified atom stereocenters. The van der Waals surface area contributed by atoms with Crippen molar-refractivity contribution < 1.29 is 14.3 Å². The van der Waals surface area contributed by atoms with Crippen molar-refractivity contribution >= 4 is 40.2 Å². The molecule has 0 N–H and O–H groups in total. The maximum absolute atomic E-state index is 12.9. The Morgan fingerprint density at radius 3 is 2.41 bits per heavy atom. The van der Waals surface area contributed by atoms with E-state index >= 15 is 0 Å². The quantitative estimate of drug-likeness (QED) is 0.294. The minimum atomic E-state index is -0.560. The van der Waals surface area contributed by atoms with Crippen LogP contribution in [0.25, 0.3) is 10.9 Å². The number of fused-ring (bicyclic) bond motifs is 1. The number of anilines is 1. The fraction of sp³-hybridized carbons (Fsp3) is 0.304. The van der Waals surface area contributed by atoms with Gasteiger partial charge in [-0.3, -0.25) is 19.0 Å². The fourth-order valence-electron chi connectivity index (χ4n) is 3.09. The lowest BCUT2D eigenvalue weighted by molar-refractivity contribution is -0.141. The molecular formula is C23H26N4O4S. The van der Waals surface area contributed by atoms with Gasteiger partial charge in [-0.2, -0.15) is 0 Å². The van der Waals surface area contributed by atoms with Gasteiger partial charge in [-0.05, 0) is 29.8 Å². The standard InChI is InChI=1S/C23H26N4O4S/c1-25(2)17-11-9-16(10-12-17)13-26(3)20(28)15-32-23-24-19-8-6-5-7-18(19)22(30)27(23)14-21(29)31-4/h5-12H,13-15H2,1-4H3. The summed E-state index contributed by atoms with van der Waals surface area (Å²) in [6.45, 7) is 0.199. The highest BCUT2D eigenvalue weighted by Crippen LogP contribution is 2.19. The highest BCUT2D eigenvalue weighted by atomic mass is 32.2. The van der Waals surface area contributed by atoms with E-state index in [1.807, 2.05) is 43.3 Å². The molecule has 0 spiro atoms. The van der Waals surface area contributed by atoms with E-state index in [0.29, 0.717) is 22.6 Å². The Morgan fingerprint density at radius 1 is 1.06 bits per heavy atom. The summed E-state index contributed by atoms with van der Waals surface area (Å²) in [5.74, 6) is -0.590. The zero-order chi connectivity index (χ0) is 23.3. The second-order valence-corrected chi connectivity index (χ2v) is 8.42. The first kappa shape index (κ1) is 23.3. The molecule has 1 heterocycles. The highest BCUT2D eigenvalue weighted by molar-refractivity contribution is 7.99. The van der Waals surface area contributed by atoms with Gasteiger partial charge in [-0.25, -0.2) is 4.98 Å². The molecule has 0 aliphatic carbocycles. The number of nitrogens with zero attached hydrogens (tertiary/aromatic N) is 4. The molecule has 0 atom stereocenters. The summed E-state index contributed by atoms with van der Waals surface area (Å²) < 4.78 is 5.97. The molecule has 9 heteroatoms. The number of amides is 1. The number of hydrogen-bond donors (Lipinski definition) is 0. The van der Waals surface area contributed by atoms with Crippen LogP contribution in [0, 0.1) is 0 Å². The first-order valence-electron chi connectivity index (χ1n) is 9.99. The third-order valence-electron chi connectivity index (χ3n) is 4.96. The van der Waals surface area contributed by atoms with E-state index in [4.69, 9.17) is 4.74 Å². The van der Waals surface area contributed by atoms with Gasteiger partial charge in [-0.1, -0.05) is 36.0 Å². The lowest BCUT2D eigenvalue weighted by atomic mass is 10.2. The predicted octanol–water partition coefficient (Wildman–Crippen LogP) is 2.39. The molecule has 2 aromatic carbocycles. The first-order chi connectivity index (χ1) is 15.3. The van der Waals surface area contributed by atoms with Crippen molar-refractivity contribution in [3.05, 3.63) is 64.4 Å². The number of para-hydroxylation sites is 1. The van der Waals surface area contributed by atoms with Gasteiger partial charge in [0.2, 0.25) is 5.91 Å². The monoisotopic (exact) mass is 454 g/mol. The maximum Gasteiger partial charge on any atom is 0.325 e. The van der Waals surface area contributed by atoms with Crippen LogP contribution < -0.4 is 10.5 Å². The summed E-state index contributed by atoms with van der Waals surface area (Å²) in [6.07, 6.45) is 0. The molecule has 3 rings (SSSR count). The number of hydrogen-bond acceptors (Lipinski definition) is 7. The van der Waals surface area contributed by atoms with Gasteiger partial charge in [0.15, 0.2) is 5.16 Å². The van der Waals surface area contributed by atoms with Crippen LogP contribution in [0.4, 0.5) is 5.69 Å². The molecule has 0 radical (unpaired) electrons. The van der Waals surface area contributed by atoms with Crippen molar-refractivity contribution in [2.24, 2.45) is 0 Å². The Morgan fingerprint density at radius 2 is 1.75 bits per heavy atom. The van der Waals surface area contributed by atoms with Crippen molar-refractivity contribution in [3.8, 4) is 0 Å². The number of carbonyl (C=O) groups is 2. The normalized spacial score (nSPS) is 10.8. The first-order valence-corrected chi connectivity index (χ1v) is 11.0. The van der Waals surface area contributed by atoms with Crippen molar-refractivity contribution in [2.75, 3.05) is 38.9 Å². The number of ether oxygens (including phenoxy) is 1. The summed E-state index contributed by atoms with van der Waals surface area (Å²) in [5, 5.41) is 0.710. The van der Waals surface area contributed by atoms with Crippen LogP contribution in [0.5, 0.6) is 0 Å². The van der Waals surface area contributed by atoms with Crippen LogP contribution >= 0.6 is 11.8 Å². The summed E-state index contributed by atoms with van der Waals surface area (Å²) in [5.41, 5.74) is 2.28. The van der Waals surface area contributed by atoms with Gasteiger partial charge in [0.1, 0.15) is 6.54 Å². The van der Waals surface area contributed by atoms with Crippen LogP contribution in [0.3, 0.4) is 0 Å². The maximum atomic E-state index is 12.9. The Kier molecular flexibility index (Phi) is 7.53. The number of carbonyl (C=O) groups excluding carboxylic acids is 2. The smallest absolute Gasteiger partial charge is 0.325 e. The van der Waals surface area contributed by atoms with E-state index in [1.54, 1.807) is 36.2 Å². The predicted molar refractivity (Wildman–Crippen MR) is 126 cm³/mol. The van der Waals surface area contributed by atoms with E-state index in [0.717, 1.165) is 23.0 Å². The van der Waals surface area contributed by atoms with Gasteiger partial charge in [0.05, 0.1) is 23.8 Å².